The van der Waals surface area contributed by atoms with Crippen LogP contribution >= 0.6 is 11.3 Å². The van der Waals surface area contributed by atoms with Gasteiger partial charge in [0.25, 0.3) is 5.91 Å². The van der Waals surface area contributed by atoms with Crippen LogP contribution in [0.4, 0.5) is 0 Å². The van der Waals surface area contributed by atoms with E-state index in [1.165, 1.54) is 11.3 Å². The largest absolute Gasteiger partial charge is 0.463 e. The van der Waals surface area contributed by atoms with Crippen LogP contribution in [0.25, 0.3) is 17.1 Å². The first kappa shape index (κ1) is 20.5. The first-order valence-electron chi connectivity index (χ1n) is 9.74. The molecule has 9 heteroatoms. The Kier molecular flexibility index (Phi) is 6.23. The summed E-state index contributed by atoms with van der Waals surface area (Å²) in [5, 5.41) is 9.86. The summed E-state index contributed by atoms with van der Waals surface area (Å²) in [4.78, 5) is 28.9. The van der Waals surface area contributed by atoms with Gasteiger partial charge in [-0.3, -0.25) is 4.79 Å². The highest BCUT2D eigenvalue weighted by Crippen LogP contribution is 2.22. The van der Waals surface area contributed by atoms with Crippen LogP contribution in [-0.4, -0.2) is 39.8 Å². The summed E-state index contributed by atoms with van der Waals surface area (Å²) < 4.78 is 12.0. The van der Waals surface area contributed by atoms with E-state index in [2.05, 4.69) is 15.4 Å². The molecule has 0 spiro atoms. The molecule has 0 saturated carbocycles. The van der Waals surface area contributed by atoms with Crippen molar-refractivity contribution in [1.82, 2.24) is 20.1 Å². The first-order valence-corrected chi connectivity index (χ1v) is 10.6. The van der Waals surface area contributed by atoms with Crippen molar-refractivity contribution >= 4 is 23.2 Å². The van der Waals surface area contributed by atoms with Gasteiger partial charge in [-0.2, -0.15) is 5.10 Å². The van der Waals surface area contributed by atoms with Crippen molar-refractivity contribution in [3.05, 3.63) is 76.6 Å². The predicted octanol–water partition coefficient (Wildman–Crippen LogP) is 3.74. The third-order valence-corrected chi connectivity index (χ3v) is 5.29. The second-order valence-corrected chi connectivity index (χ2v) is 7.43. The Labute approximate surface area is 182 Å². The van der Waals surface area contributed by atoms with E-state index >= 15 is 0 Å². The summed E-state index contributed by atoms with van der Waals surface area (Å²) in [5.74, 6) is -0.124. The number of ether oxygens (including phenoxy) is 1. The lowest BCUT2D eigenvalue weighted by Gasteiger charge is -2.07. The van der Waals surface area contributed by atoms with Crippen molar-refractivity contribution in [3.8, 4) is 17.1 Å². The Morgan fingerprint density at radius 3 is 2.77 bits per heavy atom. The molecule has 0 atom stereocenters. The average Bonchev–Trinajstić information content (AvgIpc) is 3.54. The number of nitrogens with one attached hydrogen (secondary N) is 1. The highest BCUT2D eigenvalue weighted by atomic mass is 32.1. The standard InChI is InChI=1S/C22H20N4O4S/c1-2-29-22(28)17-14-31-20(24-17)10-11-23-21(27)18-13-16(19-9-6-12-30-19)25-26(18)15-7-4-3-5-8-15/h3-9,12-14H,2,10-11H2,1H3,(H,23,27). The Morgan fingerprint density at radius 2 is 2.03 bits per heavy atom. The van der Waals surface area contributed by atoms with E-state index in [1.807, 2.05) is 30.3 Å². The molecule has 0 radical (unpaired) electrons. The van der Waals surface area contributed by atoms with Crippen LogP contribution in [0.2, 0.25) is 0 Å². The molecule has 1 aromatic carbocycles. The topological polar surface area (TPSA) is 99.2 Å². The van der Waals surface area contributed by atoms with Crippen LogP contribution < -0.4 is 5.32 Å². The molecule has 0 saturated heterocycles. The molecule has 3 heterocycles. The highest BCUT2D eigenvalue weighted by molar-refractivity contribution is 7.09. The molecule has 0 fully saturated rings. The number of carbonyl (C=O) groups is 2. The predicted molar refractivity (Wildman–Crippen MR) is 115 cm³/mol. The van der Waals surface area contributed by atoms with E-state index < -0.39 is 5.97 Å². The zero-order valence-electron chi connectivity index (χ0n) is 16.8. The van der Waals surface area contributed by atoms with E-state index in [-0.39, 0.29) is 5.91 Å². The number of aromatic nitrogens is 3. The summed E-state index contributed by atoms with van der Waals surface area (Å²) in [7, 11) is 0. The minimum Gasteiger partial charge on any atom is -0.463 e. The molecule has 0 aliphatic rings. The molecule has 1 N–H and O–H groups in total. The number of thiazole rings is 1. The molecule has 8 nitrogen and oxygen atoms in total. The summed E-state index contributed by atoms with van der Waals surface area (Å²) in [6, 6.07) is 14.7. The van der Waals surface area contributed by atoms with Gasteiger partial charge >= 0.3 is 5.97 Å². The lowest BCUT2D eigenvalue weighted by Crippen LogP contribution is -2.27. The Balaban J connectivity index is 1.47. The van der Waals surface area contributed by atoms with Gasteiger partial charge in [-0.15, -0.1) is 11.3 Å². The van der Waals surface area contributed by atoms with Gasteiger partial charge in [0.1, 0.15) is 11.4 Å². The van der Waals surface area contributed by atoms with Crippen molar-refractivity contribution in [2.45, 2.75) is 13.3 Å². The fraction of sp³-hybridized carbons (Fsp3) is 0.182. The summed E-state index contributed by atoms with van der Waals surface area (Å²) in [5.41, 5.74) is 2.02. The summed E-state index contributed by atoms with van der Waals surface area (Å²) in [6.07, 6.45) is 2.06. The number of nitrogens with zero attached hydrogens (tertiary/aromatic N) is 3. The van der Waals surface area contributed by atoms with Crippen LogP contribution in [-0.2, 0) is 11.2 Å². The van der Waals surface area contributed by atoms with E-state index in [0.717, 1.165) is 10.7 Å². The number of amides is 1. The smallest absolute Gasteiger partial charge is 0.357 e. The first-order chi connectivity index (χ1) is 15.2. The Morgan fingerprint density at radius 1 is 1.19 bits per heavy atom. The van der Waals surface area contributed by atoms with Gasteiger partial charge in [-0.05, 0) is 31.2 Å². The molecule has 3 aromatic heterocycles. The number of carbonyl (C=O) groups excluding carboxylic acids is 2. The average molecular weight is 436 g/mol. The van der Waals surface area contributed by atoms with Crippen molar-refractivity contribution < 1.29 is 18.7 Å². The lowest BCUT2D eigenvalue weighted by molar-refractivity contribution is 0.0520. The minimum absolute atomic E-state index is 0.267. The molecule has 4 rings (SSSR count). The van der Waals surface area contributed by atoms with E-state index in [4.69, 9.17) is 9.15 Å². The van der Waals surface area contributed by atoms with Crippen molar-refractivity contribution in [1.29, 1.82) is 0 Å². The molecule has 0 aliphatic carbocycles. The zero-order valence-corrected chi connectivity index (χ0v) is 17.6. The van der Waals surface area contributed by atoms with Crippen LogP contribution in [0, 0.1) is 0 Å². The van der Waals surface area contributed by atoms with Gasteiger partial charge in [-0.25, -0.2) is 14.5 Å². The lowest BCUT2D eigenvalue weighted by atomic mass is 10.2. The Bertz CT molecular complexity index is 1170. The van der Waals surface area contributed by atoms with Crippen molar-refractivity contribution in [3.63, 3.8) is 0 Å². The molecular formula is C22H20N4O4S. The Hall–Kier alpha value is -3.72. The van der Waals surface area contributed by atoms with Gasteiger partial charge < -0.3 is 14.5 Å². The molecule has 0 bridgehead atoms. The third kappa shape index (κ3) is 4.72. The quantitative estimate of drug-likeness (QED) is 0.423. The van der Waals surface area contributed by atoms with Crippen LogP contribution in [0.15, 0.2) is 64.6 Å². The molecule has 0 unspecified atom stereocenters. The molecule has 158 valence electrons. The second-order valence-electron chi connectivity index (χ2n) is 6.49. The number of hydrogen-bond acceptors (Lipinski definition) is 7. The minimum atomic E-state index is -0.439. The van der Waals surface area contributed by atoms with Gasteiger partial charge in [0.2, 0.25) is 0 Å². The van der Waals surface area contributed by atoms with Gasteiger partial charge in [0.05, 0.1) is 23.6 Å². The fourth-order valence-corrected chi connectivity index (χ4v) is 3.72. The maximum Gasteiger partial charge on any atom is 0.357 e. The van der Waals surface area contributed by atoms with Crippen molar-refractivity contribution in [2.75, 3.05) is 13.2 Å². The molecule has 1 amide bonds. The normalized spacial score (nSPS) is 10.7. The monoisotopic (exact) mass is 436 g/mol. The summed E-state index contributed by atoms with van der Waals surface area (Å²) in [6.45, 7) is 2.42. The SMILES string of the molecule is CCOC(=O)c1csc(CCNC(=O)c2cc(-c3ccco3)nn2-c2ccccc2)n1. The van der Waals surface area contributed by atoms with E-state index in [9.17, 15) is 9.59 Å². The number of hydrogen-bond donors (Lipinski definition) is 1. The van der Waals surface area contributed by atoms with Crippen LogP contribution in [0.3, 0.4) is 0 Å². The highest BCUT2D eigenvalue weighted by Gasteiger charge is 2.19. The number of esters is 1. The number of furan rings is 1. The maximum atomic E-state index is 12.9. The third-order valence-electron chi connectivity index (χ3n) is 4.38. The van der Waals surface area contributed by atoms with Gasteiger partial charge in [0, 0.05) is 24.4 Å². The molecule has 31 heavy (non-hydrogen) atoms. The number of rotatable bonds is 8. The zero-order chi connectivity index (χ0) is 21.6. The van der Waals surface area contributed by atoms with Crippen LogP contribution in [0.1, 0.15) is 32.9 Å². The number of para-hydroxylation sites is 1. The van der Waals surface area contributed by atoms with Crippen LogP contribution in [0.5, 0.6) is 0 Å². The van der Waals surface area contributed by atoms with E-state index in [0.29, 0.717) is 42.4 Å². The van der Waals surface area contributed by atoms with Crippen molar-refractivity contribution in [2.24, 2.45) is 0 Å². The number of benzene rings is 1. The molecule has 0 aliphatic heterocycles. The van der Waals surface area contributed by atoms with E-state index in [1.54, 1.807) is 41.4 Å². The molecular weight excluding hydrogens is 416 g/mol. The van der Waals surface area contributed by atoms with Gasteiger partial charge in [0.15, 0.2) is 11.5 Å². The van der Waals surface area contributed by atoms with Gasteiger partial charge in [-0.1, -0.05) is 18.2 Å². The summed E-state index contributed by atoms with van der Waals surface area (Å²) >= 11 is 1.36. The maximum absolute atomic E-state index is 12.9. The second kappa shape index (κ2) is 9.40. The fourth-order valence-electron chi connectivity index (χ4n) is 2.95. The molecule has 4 aromatic rings.